The van der Waals surface area contributed by atoms with E-state index in [4.69, 9.17) is 20.9 Å². The topological polar surface area (TPSA) is 68.5 Å². The number of methoxy groups -OCH3 is 1. The largest absolute Gasteiger partial charge is 0.497 e. The van der Waals surface area contributed by atoms with Gasteiger partial charge >= 0.3 is 0 Å². The summed E-state index contributed by atoms with van der Waals surface area (Å²) in [6.45, 7) is 4.18. The number of benzene rings is 2. The van der Waals surface area contributed by atoms with Crippen LogP contribution in [0.5, 0.6) is 5.75 Å². The first-order valence-electron chi connectivity index (χ1n) is 8.97. The molecule has 0 unspecified atom stereocenters. The van der Waals surface area contributed by atoms with Crippen molar-refractivity contribution in [3.8, 4) is 17.1 Å². The number of carbonyl (C=O) groups excluding carboxylic acids is 1. The number of hydrogen-bond acceptors (Lipinski definition) is 5. The van der Waals surface area contributed by atoms with Gasteiger partial charge in [0, 0.05) is 16.6 Å². The minimum atomic E-state index is -0.00795. The molecule has 1 heterocycles. The van der Waals surface area contributed by atoms with Crippen LogP contribution in [0, 0.1) is 0 Å². The summed E-state index contributed by atoms with van der Waals surface area (Å²) in [4.78, 5) is 19.0. The summed E-state index contributed by atoms with van der Waals surface area (Å²) in [6.07, 6.45) is 0.292. The van der Waals surface area contributed by atoms with Gasteiger partial charge in [-0.15, -0.1) is 0 Å². The van der Waals surface area contributed by atoms with Gasteiger partial charge in [0.05, 0.1) is 13.5 Å². The van der Waals surface area contributed by atoms with Gasteiger partial charge in [-0.1, -0.05) is 28.9 Å². The number of rotatable bonds is 7. The second-order valence-electron chi connectivity index (χ2n) is 6.66. The number of halogens is 1. The molecule has 146 valence electrons. The van der Waals surface area contributed by atoms with Crippen molar-refractivity contribution >= 4 is 17.5 Å². The highest BCUT2D eigenvalue weighted by atomic mass is 35.5. The monoisotopic (exact) mass is 399 g/mol. The van der Waals surface area contributed by atoms with Crippen LogP contribution in [0.3, 0.4) is 0 Å². The highest BCUT2D eigenvalue weighted by Gasteiger charge is 2.21. The molecule has 0 aliphatic rings. The van der Waals surface area contributed by atoms with Gasteiger partial charge in [0.25, 0.3) is 0 Å². The van der Waals surface area contributed by atoms with E-state index in [0.29, 0.717) is 23.2 Å². The van der Waals surface area contributed by atoms with Crippen molar-refractivity contribution in [2.45, 2.75) is 32.9 Å². The molecule has 28 heavy (non-hydrogen) atoms. The summed E-state index contributed by atoms with van der Waals surface area (Å²) in [6, 6.07) is 14.7. The number of amides is 1. The van der Waals surface area contributed by atoms with Gasteiger partial charge in [0.1, 0.15) is 12.3 Å². The van der Waals surface area contributed by atoms with Crippen molar-refractivity contribution in [2.24, 2.45) is 0 Å². The molecular formula is C21H22ClN3O3. The molecule has 7 heteroatoms. The Morgan fingerprint density at radius 3 is 2.43 bits per heavy atom. The Morgan fingerprint density at radius 2 is 1.82 bits per heavy atom. The zero-order valence-corrected chi connectivity index (χ0v) is 16.8. The van der Waals surface area contributed by atoms with E-state index in [1.165, 1.54) is 0 Å². The Labute approximate surface area is 169 Å². The molecule has 0 bridgehead atoms. The second kappa shape index (κ2) is 8.89. The summed E-state index contributed by atoms with van der Waals surface area (Å²) in [5.41, 5.74) is 1.73. The fraction of sp³-hybridized carbons (Fsp3) is 0.286. The first-order chi connectivity index (χ1) is 13.5. The number of ether oxygens (including phenoxy) is 1. The second-order valence-corrected chi connectivity index (χ2v) is 7.10. The predicted molar refractivity (Wildman–Crippen MR) is 107 cm³/mol. The zero-order chi connectivity index (χ0) is 20.1. The minimum Gasteiger partial charge on any atom is -0.497 e. The van der Waals surface area contributed by atoms with Gasteiger partial charge < -0.3 is 14.2 Å². The quantitative estimate of drug-likeness (QED) is 0.589. The van der Waals surface area contributed by atoms with E-state index in [-0.39, 0.29) is 18.5 Å². The molecule has 0 spiro atoms. The van der Waals surface area contributed by atoms with E-state index < -0.39 is 0 Å². The average molecular weight is 400 g/mol. The maximum Gasteiger partial charge on any atom is 0.246 e. The first kappa shape index (κ1) is 19.9. The summed E-state index contributed by atoms with van der Waals surface area (Å²) < 4.78 is 10.5. The third-order valence-corrected chi connectivity index (χ3v) is 4.59. The van der Waals surface area contributed by atoms with Crippen molar-refractivity contribution in [1.82, 2.24) is 15.0 Å². The molecule has 0 aliphatic heterocycles. The fourth-order valence-corrected chi connectivity index (χ4v) is 2.89. The van der Waals surface area contributed by atoms with E-state index in [2.05, 4.69) is 10.1 Å². The van der Waals surface area contributed by atoms with E-state index in [1.807, 2.05) is 50.2 Å². The van der Waals surface area contributed by atoms with Crippen LogP contribution in [0.4, 0.5) is 0 Å². The van der Waals surface area contributed by atoms with Crippen LogP contribution in [0.15, 0.2) is 53.1 Å². The molecule has 6 nitrogen and oxygen atoms in total. The highest BCUT2D eigenvalue weighted by molar-refractivity contribution is 6.30. The Kier molecular flexibility index (Phi) is 6.31. The lowest BCUT2D eigenvalue weighted by Crippen LogP contribution is -2.37. The fourth-order valence-electron chi connectivity index (χ4n) is 2.76. The van der Waals surface area contributed by atoms with Gasteiger partial charge in [-0.05, 0) is 55.8 Å². The van der Waals surface area contributed by atoms with Crippen LogP contribution in [0.1, 0.15) is 25.3 Å². The van der Waals surface area contributed by atoms with Crippen molar-refractivity contribution in [3.63, 3.8) is 0 Å². The number of aromatic nitrogens is 2. The number of nitrogens with zero attached hydrogens (tertiary/aromatic N) is 3. The van der Waals surface area contributed by atoms with Crippen LogP contribution < -0.4 is 4.74 Å². The van der Waals surface area contributed by atoms with Crippen molar-refractivity contribution in [1.29, 1.82) is 0 Å². The molecule has 0 saturated heterocycles. The molecular weight excluding hydrogens is 378 g/mol. The summed E-state index contributed by atoms with van der Waals surface area (Å²) >= 11 is 5.91. The van der Waals surface area contributed by atoms with Gasteiger partial charge in [-0.2, -0.15) is 4.98 Å². The van der Waals surface area contributed by atoms with Crippen molar-refractivity contribution in [2.75, 3.05) is 7.11 Å². The zero-order valence-electron chi connectivity index (χ0n) is 16.1. The van der Waals surface area contributed by atoms with Crippen LogP contribution in [-0.4, -0.2) is 34.1 Å². The number of carbonyl (C=O) groups is 1. The van der Waals surface area contributed by atoms with Crippen molar-refractivity contribution < 1.29 is 14.1 Å². The lowest BCUT2D eigenvalue weighted by Gasteiger charge is -2.25. The Hall–Kier alpha value is -2.86. The lowest BCUT2D eigenvalue weighted by molar-refractivity contribution is -0.133. The maximum absolute atomic E-state index is 12.8. The molecule has 1 aromatic heterocycles. The van der Waals surface area contributed by atoms with Crippen LogP contribution >= 0.6 is 11.6 Å². The predicted octanol–water partition coefficient (Wildman–Crippen LogP) is 4.38. The third kappa shape index (κ3) is 4.89. The molecule has 3 aromatic rings. The highest BCUT2D eigenvalue weighted by Crippen LogP contribution is 2.20. The molecule has 0 radical (unpaired) electrons. The van der Waals surface area contributed by atoms with E-state index >= 15 is 0 Å². The Morgan fingerprint density at radius 1 is 1.14 bits per heavy atom. The van der Waals surface area contributed by atoms with E-state index in [0.717, 1.165) is 16.9 Å². The molecule has 2 aromatic carbocycles. The molecule has 0 aliphatic carbocycles. The molecule has 0 saturated carbocycles. The molecule has 0 fully saturated rings. The van der Waals surface area contributed by atoms with E-state index in [9.17, 15) is 4.79 Å². The minimum absolute atomic E-state index is 0.00312. The van der Waals surface area contributed by atoms with Crippen LogP contribution in [0.25, 0.3) is 11.4 Å². The van der Waals surface area contributed by atoms with Gasteiger partial charge in [-0.25, -0.2) is 0 Å². The smallest absolute Gasteiger partial charge is 0.246 e. The first-order valence-corrected chi connectivity index (χ1v) is 9.35. The summed E-state index contributed by atoms with van der Waals surface area (Å²) in [5.74, 6) is 1.61. The molecule has 0 N–H and O–H groups in total. The van der Waals surface area contributed by atoms with Crippen LogP contribution in [-0.2, 0) is 17.8 Å². The van der Waals surface area contributed by atoms with Gasteiger partial charge in [0.2, 0.25) is 17.6 Å². The molecule has 0 atom stereocenters. The van der Waals surface area contributed by atoms with Gasteiger partial charge in [-0.3, -0.25) is 4.79 Å². The lowest BCUT2D eigenvalue weighted by atomic mass is 10.1. The molecule has 3 rings (SSSR count). The molecule has 1 amide bonds. The SMILES string of the molecule is COc1ccc(CC(=O)N(Cc2nc(-c3ccc(Cl)cc3)no2)C(C)C)cc1. The Bertz CT molecular complexity index is 921. The average Bonchev–Trinajstić information content (AvgIpc) is 3.15. The standard InChI is InChI=1S/C21H22ClN3O3/c1-14(2)25(20(26)12-15-4-10-18(27-3)11-5-15)13-19-23-21(24-28-19)16-6-8-17(22)9-7-16/h4-11,14H,12-13H2,1-3H3. The van der Waals surface area contributed by atoms with Gasteiger partial charge in [0.15, 0.2) is 0 Å². The van der Waals surface area contributed by atoms with E-state index in [1.54, 1.807) is 24.1 Å². The number of hydrogen-bond donors (Lipinski definition) is 0. The van der Waals surface area contributed by atoms with Crippen LogP contribution in [0.2, 0.25) is 5.02 Å². The Balaban J connectivity index is 1.70. The summed E-state index contributed by atoms with van der Waals surface area (Å²) in [7, 11) is 1.61. The normalized spacial score (nSPS) is 10.9. The van der Waals surface area contributed by atoms with Crippen molar-refractivity contribution in [3.05, 3.63) is 65.0 Å². The summed E-state index contributed by atoms with van der Waals surface area (Å²) in [5, 5.41) is 4.65. The maximum atomic E-state index is 12.8. The third-order valence-electron chi connectivity index (χ3n) is 4.33.